The number of methoxy groups -OCH3 is 3. The zero-order valence-electron chi connectivity index (χ0n) is 19.0. The molecule has 6 nitrogen and oxygen atoms in total. The number of nitrogens with one attached hydrogen (secondary N) is 1. The summed E-state index contributed by atoms with van der Waals surface area (Å²) in [5.74, 6) is 3.07. The van der Waals surface area contributed by atoms with Gasteiger partial charge in [-0.15, -0.1) is 0 Å². The third-order valence-corrected chi connectivity index (χ3v) is 5.69. The largest absolute Gasteiger partial charge is 0.508 e. The summed E-state index contributed by atoms with van der Waals surface area (Å²) in [6, 6.07) is 15.6. The number of rotatable bonds is 7. The second-order valence-corrected chi connectivity index (χ2v) is 8.03. The number of hydrogen-bond acceptors (Lipinski definition) is 5. The lowest BCUT2D eigenvalue weighted by Gasteiger charge is -2.13. The van der Waals surface area contributed by atoms with Crippen molar-refractivity contribution in [2.75, 3.05) is 21.3 Å². The Labute approximate surface area is 187 Å². The van der Waals surface area contributed by atoms with E-state index in [2.05, 4.69) is 31.0 Å². The van der Waals surface area contributed by atoms with Crippen molar-refractivity contribution < 1.29 is 19.3 Å². The van der Waals surface area contributed by atoms with Crippen molar-refractivity contribution in [3.8, 4) is 34.4 Å². The van der Waals surface area contributed by atoms with Crippen molar-refractivity contribution >= 4 is 11.0 Å². The molecule has 4 aromatic rings. The third-order valence-electron chi connectivity index (χ3n) is 5.69. The van der Waals surface area contributed by atoms with Gasteiger partial charge in [-0.05, 0) is 46.9 Å². The summed E-state index contributed by atoms with van der Waals surface area (Å²) in [6.07, 6.45) is 0.598. The number of phenolic OH excluding ortho intramolecular Hbond substituents is 1. The van der Waals surface area contributed by atoms with Gasteiger partial charge in [0.2, 0.25) is 5.75 Å². The Balaban J connectivity index is 1.78. The SMILES string of the molecule is COc1cc(-c2nc3cccc(Cc4cc(C(C)C)ccc4O)c3[nH]2)cc(OC)c1OC. The molecular weight excluding hydrogens is 404 g/mol. The number of aromatic nitrogens is 2. The summed E-state index contributed by atoms with van der Waals surface area (Å²) in [4.78, 5) is 8.24. The first-order chi connectivity index (χ1) is 15.4. The molecule has 0 aliphatic heterocycles. The quantitative estimate of drug-likeness (QED) is 0.393. The van der Waals surface area contributed by atoms with Gasteiger partial charge in [0.05, 0.1) is 32.4 Å². The van der Waals surface area contributed by atoms with E-state index in [1.807, 2.05) is 30.3 Å². The van der Waals surface area contributed by atoms with Gasteiger partial charge in [0.25, 0.3) is 0 Å². The Morgan fingerprint density at radius 2 is 1.62 bits per heavy atom. The molecule has 3 aromatic carbocycles. The maximum Gasteiger partial charge on any atom is 0.203 e. The van der Waals surface area contributed by atoms with Crippen LogP contribution < -0.4 is 14.2 Å². The van der Waals surface area contributed by atoms with Crippen LogP contribution in [0.2, 0.25) is 0 Å². The number of nitrogens with zero attached hydrogens (tertiary/aromatic N) is 1. The van der Waals surface area contributed by atoms with Crippen molar-refractivity contribution in [1.29, 1.82) is 0 Å². The fourth-order valence-corrected chi connectivity index (χ4v) is 3.90. The van der Waals surface area contributed by atoms with Crippen molar-refractivity contribution in [3.05, 3.63) is 65.2 Å². The van der Waals surface area contributed by atoms with Crippen molar-refractivity contribution in [2.24, 2.45) is 0 Å². The molecule has 0 bridgehead atoms. The zero-order chi connectivity index (χ0) is 22.8. The van der Waals surface area contributed by atoms with E-state index in [4.69, 9.17) is 19.2 Å². The molecule has 0 saturated carbocycles. The molecule has 0 radical (unpaired) electrons. The van der Waals surface area contributed by atoms with Gasteiger partial charge < -0.3 is 24.3 Å². The fraction of sp³-hybridized carbons (Fsp3) is 0.269. The van der Waals surface area contributed by atoms with E-state index in [0.717, 1.165) is 27.7 Å². The monoisotopic (exact) mass is 432 g/mol. The Hall–Kier alpha value is -3.67. The summed E-state index contributed by atoms with van der Waals surface area (Å²) >= 11 is 0. The number of para-hydroxylation sites is 1. The molecule has 6 heteroatoms. The first kappa shape index (κ1) is 21.6. The molecular formula is C26H28N2O4. The smallest absolute Gasteiger partial charge is 0.203 e. The lowest BCUT2D eigenvalue weighted by molar-refractivity contribution is 0.324. The van der Waals surface area contributed by atoms with E-state index in [-0.39, 0.29) is 0 Å². The minimum atomic E-state index is 0.302. The number of imidazole rings is 1. The Kier molecular flexibility index (Phi) is 5.95. The van der Waals surface area contributed by atoms with Gasteiger partial charge in [0.1, 0.15) is 11.6 Å². The van der Waals surface area contributed by atoms with Crippen LogP contribution in [0.4, 0.5) is 0 Å². The Morgan fingerprint density at radius 3 is 2.25 bits per heavy atom. The molecule has 0 amide bonds. The van der Waals surface area contributed by atoms with E-state index >= 15 is 0 Å². The summed E-state index contributed by atoms with van der Waals surface area (Å²) in [5, 5.41) is 10.4. The van der Waals surface area contributed by atoms with E-state index in [1.165, 1.54) is 5.56 Å². The highest BCUT2D eigenvalue weighted by Gasteiger charge is 2.17. The van der Waals surface area contributed by atoms with Crippen LogP contribution in [0.3, 0.4) is 0 Å². The summed E-state index contributed by atoms with van der Waals surface area (Å²) < 4.78 is 16.4. The molecule has 0 aliphatic carbocycles. The maximum atomic E-state index is 10.4. The second-order valence-electron chi connectivity index (χ2n) is 8.03. The van der Waals surface area contributed by atoms with Crippen LogP contribution in [0.5, 0.6) is 23.0 Å². The first-order valence-electron chi connectivity index (χ1n) is 10.5. The lowest BCUT2D eigenvalue weighted by Crippen LogP contribution is -1.96. The molecule has 1 heterocycles. The molecule has 0 saturated heterocycles. The van der Waals surface area contributed by atoms with Crippen molar-refractivity contribution in [3.63, 3.8) is 0 Å². The molecule has 0 fully saturated rings. The van der Waals surface area contributed by atoms with Crippen LogP contribution in [0, 0.1) is 0 Å². The topological polar surface area (TPSA) is 76.6 Å². The summed E-state index contributed by atoms with van der Waals surface area (Å²) in [6.45, 7) is 4.30. The number of fused-ring (bicyclic) bond motifs is 1. The van der Waals surface area contributed by atoms with Gasteiger partial charge in [0.15, 0.2) is 11.5 Å². The van der Waals surface area contributed by atoms with Gasteiger partial charge in [-0.2, -0.15) is 0 Å². The van der Waals surface area contributed by atoms with Crippen molar-refractivity contribution in [1.82, 2.24) is 9.97 Å². The molecule has 1 aromatic heterocycles. The Morgan fingerprint density at radius 1 is 0.906 bits per heavy atom. The highest BCUT2D eigenvalue weighted by Crippen LogP contribution is 2.41. The fourth-order valence-electron chi connectivity index (χ4n) is 3.90. The highest BCUT2D eigenvalue weighted by atomic mass is 16.5. The highest BCUT2D eigenvalue weighted by molar-refractivity contribution is 5.83. The van der Waals surface area contributed by atoms with E-state index < -0.39 is 0 Å². The van der Waals surface area contributed by atoms with Crippen LogP contribution in [0.25, 0.3) is 22.4 Å². The molecule has 4 rings (SSSR count). The molecule has 166 valence electrons. The minimum Gasteiger partial charge on any atom is -0.508 e. The van der Waals surface area contributed by atoms with E-state index in [1.54, 1.807) is 27.4 Å². The molecule has 0 atom stereocenters. The van der Waals surface area contributed by atoms with Crippen LogP contribution in [0.15, 0.2) is 48.5 Å². The predicted molar refractivity (Wildman–Crippen MR) is 126 cm³/mol. The molecule has 32 heavy (non-hydrogen) atoms. The second kappa shape index (κ2) is 8.83. The molecule has 0 spiro atoms. The number of phenols is 1. The van der Waals surface area contributed by atoms with Crippen LogP contribution in [0.1, 0.15) is 36.5 Å². The van der Waals surface area contributed by atoms with Gasteiger partial charge >= 0.3 is 0 Å². The summed E-state index contributed by atoms with van der Waals surface area (Å²) in [7, 11) is 4.77. The first-order valence-corrected chi connectivity index (χ1v) is 10.5. The van der Waals surface area contributed by atoms with E-state index in [0.29, 0.717) is 41.2 Å². The zero-order valence-corrected chi connectivity index (χ0v) is 19.0. The average molecular weight is 433 g/mol. The van der Waals surface area contributed by atoms with Gasteiger partial charge in [0, 0.05) is 12.0 Å². The van der Waals surface area contributed by atoms with E-state index in [9.17, 15) is 5.11 Å². The predicted octanol–water partition coefficient (Wildman–Crippen LogP) is 5.68. The third kappa shape index (κ3) is 3.96. The minimum absolute atomic E-state index is 0.302. The lowest BCUT2D eigenvalue weighted by atomic mass is 9.96. The maximum absolute atomic E-state index is 10.4. The van der Waals surface area contributed by atoms with Gasteiger partial charge in [-0.3, -0.25) is 0 Å². The molecule has 2 N–H and O–H groups in total. The Bertz CT molecular complexity index is 1240. The van der Waals surface area contributed by atoms with Gasteiger partial charge in [-0.25, -0.2) is 4.98 Å². The van der Waals surface area contributed by atoms with Crippen molar-refractivity contribution in [2.45, 2.75) is 26.2 Å². The number of aromatic hydroxyl groups is 1. The van der Waals surface area contributed by atoms with Crippen LogP contribution in [-0.2, 0) is 6.42 Å². The molecule has 0 aliphatic rings. The van der Waals surface area contributed by atoms with Crippen LogP contribution >= 0.6 is 0 Å². The number of hydrogen-bond donors (Lipinski definition) is 2. The van der Waals surface area contributed by atoms with Crippen LogP contribution in [-0.4, -0.2) is 36.4 Å². The normalized spacial score (nSPS) is 11.2. The number of aromatic amines is 1. The molecule has 0 unspecified atom stereocenters. The summed E-state index contributed by atoms with van der Waals surface area (Å²) in [5.41, 5.74) is 5.77. The number of ether oxygens (including phenoxy) is 3. The number of H-pyrrole nitrogens is 1. The average Bonchev–Trinajstić information content (AvgIpc) is 3.24. The standard InChI is InChI=1S/C26H28N2O4/c1-15(2)16-9-10-21(29)18(11-16)12-17-7-6-8-20-24(17)28-26(27-20)19-13-22(30-3)25(32-5)23(14-19)31-4/h6-11,13-15,29H,12H2,1-5H3,(H,27,28). The van der Waals surface area contributed by atoms with Gasteiger partial charge in [-0.1, -0.05) is 38.1 Å². The number of benzene rings is 3.